The number of nitriles is 1. The van der Waals surface area contributed by atoms with Gasteiger partial charge in [-0.25, -0.2) is 4.98 Å². The highest BCUT2D eigenvalue weighted by Gasteiger charge is 2.19. The predicted molar refractivity (Wildman–Crippen MR) is 64.6 cm³/mol. The van der Waals surface area contributed by atoms with Crippen molar-refractivity contribution in [3.63, 3.8) is 0 Å². The number of hydrogen-bond donors (Lipinski definition) is 2. The molecule has 5 nitrogen and oxygen atoms in total. The number of pyridine rings is 1. The van der Waals surface area contributed by atoms with Crippen LogP contribution in [0.2, 0.25) is 0 Å². The van der Waals surface area contributed by atoms with E-state index in [9.17, 15) is 5.11 Å². The Labute approximate surface area is 101 Å². The van der Waals surface area contributed by atoms with Crippen molar-refractivity contribution in [2.75, 3.05) is 25.6 Å². The maximum atomic E-state index is 10.00. The van der Waals surface area contributed by atoms with Crippen LogP contribution in [-0.2, 0) is 4.74 Å². The molecule has 92 valence electrons. The summed E-state index contributed by atoms with van der Waals surface area (Å²) in [5, 5.41) is 21.7. The number of anilines is 1. The highest BCUT2D eigenvalue weighted by molar-refractivity contribution is 5.42. The van der Waals surface area contributed by atoms with Gasteiger partial charge in [0.15, 0.2) is 0 Å². The van der Waals surface area contributed by atoms with Crippen LogP contribution in [0.25, 0.3) is 0 Å². The Morgan fingerprint density at radius 1 is 1.65 bits per heavy atom. The van der Waals surface area contributed by atoms with Gasteiger partial charge in [-0.1, -0.05) is 0 Å². The van der Waals surface area contributed by atoms with Crippen LogP contribution in [0.1, 0.15) is 18.9 Å². The van der Waals surface area contributed by atoms with Crippen LogP contribution in [0.3, 0.4) is 0 Å². The second-order valence-corrected chi connectivity index (χ2v) is 4.13. The van der Waals surface area contributed by atoms with Crippen molar-refractivity contribution in [1.82, 2.24) is 4.98 Å². The van der Waals surface area contributed by atoms with Crippen molar-refractivity contribution in [3.05, 3.63) is 23.9 Å². The van der Waals surface area contributed by atoms with E-state index in [0.29, 0.717) is 31.0 Å². The first-order valence-corrected chi connectivity index (χ1v) is 5.39. The minimum Gasteiger partial charge on any atom is -0.388 e. The standard InChI is InChI=1S/C12H17N3O2/c1-12(16,4-6-17-2)9-15-11-7-10(8-13)3-5-14-11/h3,5,7,16H,4,6,9H2,1-2H3,(H,14,15). The normalized spacial score (nSPS) is 13.8. The van der Waals surface area contributed by atoms with Crippen LogP contribution >= 0.6 is 0 Å². The van der Waals surface area contributed by atoms with Gasteiger partial charge >= 0.3 is 0 Å². The number of aliphatic hydroxyl groups is 1. The summed E-state index contributed by atoms with van der Waals surface area (Å²) in [7, 11) is 1.60. The summed E-state index contributed by atoms with van der Waals surface area (Å²) in [6.07, 6.45) is 2.10. The number of aromatic nitrogens is 1. The van der Waals surface area contributed by atoms with Crippen LogP contribution in [0, 0.1) is 11.3 Å². The molecule has 1 atom stereocenters. The molecule has 17 heavy (non-hydrogen) atoms. The third kappa shape index (κ3) is 4.81. The minimum absolute atomic E-state index is 0.359. The Balaban J connectivity index is 2.52. The maximum Gasteiger partial charge on any atom is 0.127 e. The van der Waals surface area contributed by atoms with E-state index in [0.717, 1.165) is 0 Å². The van der Waals surface area contributed by atoms with E-state index < -0.39 is 5.60 Å². The van der Waals surface area contributed by atoms with E-state index in [1.807, 2.05) is 6.07 Å². The van der Waals surface area contributed by atoms with Crippen LogP contribution < -0.4 is 5.32 Å². The average molecular weight is 235 g/mol. The molecule has 1 unspecified atom stereocenters. The summed E-state index contributed by atoms with van der Waals surface area (Å²) in [6.45, 7) is 2.59. The van der Waals surface area contributed by atoms with Gasteiger partial charge < -0.3 is 15.2 Å². The molecule has 0 aliphatic heterocycles. The van der Waals surface area contributed by atoms with E-state index in [-0.39, 0.29) is 0 Å². The summed E-state index contributed by atoms with van der Waals surface area (Å²) < 4.78 is 4.92. The third-order valence-electron chi connectivity index (χ3n) is 2.38. The zero-order valence-corrected chi connectivity index (χ0v) is 10.1. The summed E-state index contributed by atoms with van der Waals surface area (Å²) in [6, 6.07) is 5.31. The molecular formula is C12H17N3O2. The molecule has 1 rings (SSSR count). The lowest BCUT2D eigenvalue weighted by molar-refractivity contribution is 0.0357. The van der Waals surface area contributed by atoms with Crippen molar-refractivity contribution < 1.29 is 9.84 Å². The van der Waals surface area contributed by atoms with E-state index in [4.69, 9.17) is 10.00 Å². The van der Waals surface area contributed by atoms with Gasteiger partial charge in [-0.05, 0) is 19.1 Å². The van der Waals surface area contributed by atoms with Crippen LogP contribution in [-0.4, -0.2) is 36.0 Å². The second kappa shape index (κ2) is 6.18. The molecule has 0 aliphatic rings. The molecule has 1 aromatic heterocycles. The van der Waals surface area contributed by atoms with E-state index in [1.54, 1.807) is 32.4 Å². The smallest absolute Gasteiger partial charge is 0.127 e. The first kappa shape index (κ1) is 13.4. The number of nitrogens with one attached hydrogen (secondary N) is 1. The van der Waals surface area contributed by atoms with Gasteiger partial charge in [0.2, 0.25) is 0 Å². The van der Waals surface area contributed by atoms with Crippen LogP contribution in [0.4, 0.5) is 5.82 Å². The van der Waals surface area contributed by atoms with E-state index in [2.05, 4.69) is 10.3 Å². The third-order valence-corrected chi connectivity index (χ3v) is 2.38. The summed E-state index contributed by atoms with van der Waals surface area (Å²) >= 11 is 0. The van der Waals surface area contributed by atoms with Crippen molar-refractivity contribution >= 4 is 5.82 Å². The fourth-order valence-corrected chi connectivity index (χ4v) is 1.29. The van der Waals surface area contributed by atoms with Gasteiger partial charge in [-0.15, -0.1) is 0 Å². The quantitative estimate of drug-likeness (QED) is 0.773. The van der Waals surface area contributed by atoms with Crippen molar-refractivity contribution in [1.29, 1.82) is 5.26 Å². The first-order valence-electron chi connectivity index (χ1n) is 5.39. The molecule has 0 radical (unpaired) electrons. The number of rotatable bonds is 6. The Morgan fingerprint density at radius 3 is 3.06 bits per heavy atom. The number of methoxy groups -OCH3 is 1. The van der Waals surface area contributed by atoms with Gasteiger partial charge in [-0.3, -0.25) is 0 Å². The monoisotopic (exact) mass is 235 g/mol. The molecule has 0 aliphatic carbocycles. The lowest BCUT2D eigenvalue weighted by Gasteiger charge is -2.23. The van der Waals surface area contributed by atoms with Crippen LogP contribution in [0.15, 0.2) is 18.3 Å². The Hall–Kier alpha value is -1.64. The van der Waals surface area contributed by atoms with Crippen molar-refractivity contribution in [2.45, 2.75) is 18.9 Å². The second-order valence-electron chi connectivity index (χ2n) is 4.13. The van der Waals surface area contributed by atoms with Gasteiger partial charge in [0.25, 0.3) is 0 Å². The lowest BCUT2D eigenvalue weighted by atomic mass is 10.0. The lowest BCUT2D eigenvalue weighted by Crippen LogP contribution is -2.34. The molecular weight excluding hydrogens is 218 g/mol. The largest absolute Gasteiger partial charge is 0.388 e. The maximum absolute atomic E-state index is 10.00. The SMILES string of the molecule is COCCC(C)(O)CNc1cc(C#N)ccn1. The van der Waals surface area contributed by atoms with Crippen molar-refractivity contribution in [2.24, 2.45) is 0 Å². The number of hydrogen-bond acceptors (Lipinski definition) is 5. The van der Waals surface area contributed by atoms with Gasteiger partial charge in [0.05, 0.1) is 17.2 Å². The van der Waals surface area contributed by atoms with Gasteiger partial charge in [-0.2, -0.15) is 5.26 Å². The van der Waals surface area contributed by atoms with E-state index in [1.165, 1.54) is 0 Å². The zero-order valence-electron chi connectivity index (χ0n) is 10.1. The molecule has 0 saturated carbocycles. The first-order chi connectivity index (χ1) is 8.07. The predicted octanol–water partition coefficient (Wildman–Crippen LogP) is 1.15. The summed E-state index contributed by atoms with van der Waals surface area (Å²) in [5.74, 6) is 0.585. The fraction of sp³-hybridized carbons (Fsp3) is 0.500. The molecule has 2 N–H and O–H groups in total. The molecule has 0 bridgehead atoms. The molecule has 5 heteroatoms. The number of nitrogens with zero attached hydrogens (tertiary/aromatic N) is 2. The van der Waals surface area contributed by atoms with E-state index >= 15 is 0 Å². The molecule has 0 aromatic carbocycles. The molecule has 1 heterocycles. The van der Waals surface area contributed by atoms with Gasteiger partial charge in [0.1, 0.15) is 5.82 Å². The fourth-order valence-electron chi connectivity index (χ4n) is 1.29. The summed E-state index contributed by atoms with van der Waals surface area (Å²) in [5.41, 5.74) is -0.320. The topological polar surface area (TPSA) is 78.2 Å². The molecule has 0 spiro atoms. The minimum atomic E-state index is -0.861. The zero-order chi connectivity index (χ0) is 12.7. The highest BCUT2D eigenvalue weighted by atomic mass is 16.5. The Bertz CT molecular complexity index is 399. The average Bonchev–Trinajstić information content (AvgIpc) is 2.34. The Kier molecular flexibility index (Phi) is 4.88. The number of ether oxygens (including phenoxy) is 1. The highest BCUT2D eigenvalue weighted by Crippen LogP contribution is 2.12. The summed E-state index contributed by atoms with van der Waals surface area (Å²) in [4.78, 5) is 4.07. The van der Waals surface area contributed by atoms with Crippen LogP contribution in [0.5, 0.6) is 0 Å². The molecule has 0 fully saturated rings. The molecule has 0 saturated heterocycles. The molecule has 1 aromatic rings. The van der Waals surface area contributed by atoms with Crippen molar-refractivity contribution in [3.8, 4) is 6.07 Å². The van der Waals surface area contributed by atoms with Gasteiger partial charge in [0, 0.05) is 32.9 Å². The Morgan fingerprint density at radius 2 is 2.41 bits per heavy atom. The molecule has 0 amide bonds.